The molecule has 170 valence electrons. The maximum Gasteiger partial charge on any atom is 0.343 e. The van der Waals surface area contributed by atoms with Crippen molar-refractivity contribution in [1.29, 1.82) is 0 Å². The normalized spacial score (nSPS) is 28.2. The minimum atomic E-state index is -1.87. The molecule has 33 heavy (non-hydrogen) atoms. The van der Waals surface area contributed by atoms with E-state index in [4.69, 9.17) is 15.5 Å². The number of aromatic nitrogens is 1. The summed E-state index contributed by atoms with van der Waals surface area (Å²) in [5, 5.41) is 12.1. The number of aliphatic hydroxyl groups is 1. The number of Topliss-reactive ketones (excluding diaryl/α,β-unsaturated/α-hetero) is 1. The lowest BCUT2D eigenvalue weighted by Crippen LogP contribution is -2.46. The Hall–Kier alpha value is -2.90. The summed E-state index contributed by atoms with van der Waals surface area (Å²) in [5.41, 5.74) is 11.1. The third-order valence-corrected chi connectivity index (χ3v) is 8.02. The van der Waals surface area contributed by atoms with Gasteiger partial charge >= 0.3 is 5.97 Å². The number of nitrogens with two attached hydrogens (primary N) is 1. The van der Waals surface area contributed by atoms with E-state index in [0.717, 1.165) is 34.1 Å². The van der Waals surface area contributed by atoms with Crippen molar-refractivity contribution >= 4 is 28.2 Å². The van der Waals surface area contributed by atoms with Gasteiger partial charge in [0.1, 0.15) is 12.4 Å². The summed E-state index contributed by atoms with van der Waals surface area (Å²) >= 11 is 0. The van der Waals surface area contributed by atoms with E-state index in [1.165, 1.54) is 6.07 Å². The summed E-state index contributed by atoms with van der Waals surface area (Å²) in [6.45, 7) is 3.35. The number of hydrogen-bond donors (Lipinski definition) is 2. The number of halogens is 1. The van der Waals surface area contributed by atoms with Crippen LogP contribution in [0.1, 0.15) is 60.2 Å². The fraction of sp³-hybridized carbons (Fsp3) is 0.423. The molecule has 0 bridgehead atoms. The van der Waals surface area contributed by atoms with Gasteiger partial charge in [0.15, 0.2) is 11.4 Å². The van der Waals surface area contributed by atoms with Gasteiger partial charge in [-0.15, -0.1) is 0 Å². The molecule has 3 unspecified atom stereocenters. The highest BCUT2D eigenvalue weighted by Gasteiger charge is 2.48. The predicted molar refractivity (Wildman–Crippen MR) is 120 cm³/mol. The van der Waals surface area contributed by atoms with Gasteiger partial charge in [-0.05, 0) is 72.4 Å². The molecule has 2 heterocycles. The Morgan fingerprint density at radius 3 is 2.85 bits per heavy atom. The van der Waals surface area contributed by atoms with Crippen LogP contribution in [0.3, 0.4) is 0 Å². The fourth-order valence-corrected chi connectivity index (χ4v) is 6.14. The van der Waals surface area contributed by atoms with Crippen molar-refractivity contribution < 1.29 is 23.8 Å². The van der Waals surface area contributed by atoms with Gasteiger partial charge in [-0.2, -0.15) is 0 Å². The highest BCUT2D eigenvalue weighted by Crippen LogP contribution is 2.49. The van der Waals surface area contributed by atoms with Crippen LogP contribution < -0.4 is 5.73 Å². The zero-order valence-corrected chi connectivity index (χ0v) is 18.6. The summed E-state index contributed by atoms with van der Waals surface area (Å²) in [4.78, 5) is 30.5. The summed E-state index contributed by atoms with van der Waals surface area (Å²) in [6, 6.07) is 1.28. The van der Waals surface area contributed by atoms with Crippen molar-refractivity contribution in [2.75, 3.05) is 6.61 Å². The number of aryl methyl sites for hydroxylation is 1. The van der Waals surface area contributed by atoms with Crippen LogP contribution in [0.25, 0.3) is 16.5 Å². The Kier molecular flexibility index (Phi) is 4.27. The minimum Gasteiger partial charge on any atom is -0.458 e. The summed E-state index contributed by atoms with van der Waals surface area (Å²) < 4.78 is 19.9. The monoisotopic (exact) mass is 448 g/mol. The Bertz CT molecular complexity index is 1360. The first kappa shape index (κ1) is 20.7. The topological polar surface area (TPSA) is 103 Å². The Morgan fingerprint density at radius 1 is 1.30 bits per heavy atom. The van der Waals surface area contributed by atoms with Crippen LogP contribution in [0.15, 0.2) is 23.3 Å². The van der Waals surface area contributed by atoms with Crippen LogP contribution in [0.5, 0.6) is 0 Å². The molecule has 0 amide bonds. The number of ether oxygens (including phenoxy) is 1. The molecule has 6 nitrogen and oxygen atoms in total. The van der Waals surface area contributed by atoms with E-state index in [2.05, 4.69) is 0 Å². The van der Waals surface area contributed by atoms with Crippen molar-refractivity contribution in [2.24, 2.45) is 11.7 Å². The second kappa shape index (κ2) is 6.81. The lowest BCUT2D eigenvalue weighted by atomic mass is 9.81. The first-order valence-corrected chi connectivity index (χ1v) is 11.5. The molecule has 0 fully saturated rings. The molecule has 1 aliphatic heterocycles. The number of benzene rings is 1. The average molecular weight is 448 g/mol. The van der Waals surface area contributed by atoms with Crippen LogP contribution in [0.4, 0.5) is 4.39 Å². The molecular weight excluding hydrogens is 423 g/mol. The number of carbonyl (C=O) groups is 2. The molecule has 7 heteroatoms. The molecule has 6 rings (SSSR count). The molecule has 3 N–H and O–H groups in total. The third-order valence-electron chi connectivity index (χ3n) is 8.02. The highest BCUT2D eigenvalue weighted by molar-refractivity contribution is 6.05. The van der Waals surface area contributed by atoms with E-state index in [9.17, 15) is 19.1 Å². The maximum absolute atomic E-state index is 14.7. The van der Waals surface area contributed by atoms with Crippen LogP contribution in [-0.4, -0.2) is 34.1 Å². The molecule has 0 radical (unpaired) electrons. The summed E-state index contributed by atoms with van der Waals surface area (Å²) in [6.07, 6.45) is 4.14. The number of nitrogens with zero attached hydrogens (tertiary/aromatic N) is 1. The fourth-order valence-electron chi connectivity index (χ4n) is 6.14. The van der Waals surface area contributed by atoms with Crippen LogP contribution in [0, 0.1) is 18.7 Å². The first-order chi connectivity index (χ1) is 15.7. The third kappa shape index (κ3) is 2.63. The second-order valence-electron chi connectivity index (χ2n) is 9.66. The number of fused-ring (bicyclic) bond motifs is 4. The molecule has 1 aromatic heterocycles. The number of cyclic esters (lactones) is 1. The van der Waals surface area contributed by atoms with Gasteiger partial charge < -0.3 is 15.6 Å². The Balaban J connectivity index is 1.65. The number of pyridine rings is 1. The molecule has 0 spiro atoms. The molecule has 1 aromatic carbocycles. The Morgan fingerprint density at radius 2 is 2.09 bits per heavy atom. The molecular formula is C26H25FN2O4. The van der Waals surface area contributed by atoms with E-state index in [1.807, 2.05) is 0 Å². The van der Waals surface area contributed by atoms with Crippen molar-refractivity contribution in [3.05, 3.63) is 57.1 Å². The number of esters is 1. The molecule has 4 aliphatic rings. The largest absolute Gasteiger partial charge is 0.458 e. The van der Waals surface area contributed by atoms with Gasteiger partial charge in [0.05, 0.1) is 11.2 Å². The average Bonchev–Trinajstić information content (AvgIpc) is 3.04. The second-order valence-corrected chi connectivity index (χ2v) is 9.66. The summed E-state index contributed by atoms with van der Waals surface area (Å²) in [7, 11) is 0. The zero-order valence-electron chi connectivity index (χ0n) is 18.6. The van der Waals surface area contributed by atoms with E-state index in [1.54, 1.807) is 19.9 Å². The number of hydrogen-bond acceptors (Lipinski definition) is 6. The smallest absolute Gasteiger partial charge is 0.343 e. The highest BCUT2D eigenvalue weighted by atomic mass is 19.1. The van der Waals surface area contributed by atoms with Crippen LogP contribution in [-0.2, 0) is 27.2 Å². The van der Waals surface area contributed by atoms with Crippen LogP contribution in [0.2, 0.25) is 0 Å². The first-order valence-electron chi connectivity index (χ1n) is 11.5. The zero-order chi connectivity index (χ0) is 23.2. The molecule has 3 aliphatic carbocycles. The van der Waals surface area contributed by atoms with Gasteiger partial charge in [0.2, 0.25) is 0 Å². The van der Waals surface area contributed by atoms with Gasteiger partial charge in [0, 0.05) is 35.1 Å². The number of carbonyl (C=O) groups excluding carboxylic acids is 2. The molecule has 3 atom stereocenters. The SMILES string of the molecule is CCC1(O)C(=O)OCC2=C1C=C1c3nc4cc(F)c(C)c5c4c(c3CC1CC2=O)C(N)CC5. The summed E-state index contributed by atoms with van der Waals surface area (Å²) in [5.74, 6) is -1.29. The molecule has 2 aromatic rings. The number of allylic oxidation sites excluding steroid dienone is 1. The minimum absolute atomic E-state index is 0.0916. The van der Waals surface area contributed by atoms with Crippen molar-refractivity contribution in [1.82, 2.24) is 4.98 Å². The molecule has 0 saturated carbocycles. The lowest BCUT2D eigenvalue weighted by Gasteiger charge is -2.32. The van der Waals surface area contributed by atoms with Gasteiger partial charge in [0.25, 0.3) is 0 Å². The number of rotatable bonds is 1. The predicted octanol–water partition coefficient (Wildman–Crippen LogP) is 3.15. The van der Waals surface area contributed by atoms with E-state index < -0.39 is 11.6 Å². The quantitative estimate of drug-likeness (QED) is 0.650. The molecule has 0 saturated heterocycles. The van der Waals surface area contributed by atoms with Crippen molar-refractivity contribution in [2.45, 2.75) is 57.6 Å². The van der Waals surface area contributed by atoms with Crippen LogP contribution >= 0.6 is 0 Å². The Labute approximate surface area is 190 Å². The van der Waals surface area contributed by atoms with Gasteiger partial charge in [-0.1, -0.05) is 6.92 Å². The standard InChI is InChI=1S/C26H25FN2O4/c1-3-26(32)17-8-14-12(7-21(30)16(17)10-33-25(26)31)6-15-22-19(28)5-4-13-11(2)18(27)9-20(23(13)22)29-24(14)15/h8-9,12,19,32H,3-7,10,28H2,1-2H3. The van der Waals surface area contributed by atoms with Gasteiger partial charge in [-0.25, -0.2) is 14.2 Å². The van der Waals surface area contributed by atoms with Crippen molar-refractivity contribution in [3.8, 4) is 0 Å². The van der Waals surface area contributed by atoms with E-state index in [-0.39, 0.29) is 43.0 Å². The van der Waals surface area contributed by atoms with Crippen molar-refractivity contribution in [3.63, 3.8) is 0 Å². The maximum atomic E-state index is 14.7. The van der Waals surface area contributed by atoms with E-state index in [0.29, 0.717) is 40.8 Å². The van der Waals surface area contributed by atoms with E-state index >= 15 is 0 Å². The van der Waals surface area contributed by atoms with Gasteiger partial charge in [-0.3, -0.25) is 4.79 Å². The number of ketones is 1. The lowest BCUT2D eigenvalue weighted by molar-refractivity contribution is -0.163.